The first-order valence-electron chi connectivity index (χ1n) is 20.0. The van der Waals surface area contributed by atoms with Crippen molar-refractivity contribution in [3.63, 3.8) is 0 Å². The molecule has 10 rings (SSSR count). The van der Waals surface area contributed by atoms with Crippen LogP contribution in [0.3, 0.4) is 0 Å². The smallest absolute Gasteiger partial charge is 0.407 e. The molecule has 5 aliphatic rings. The summed E-state index contributed by atoms with van der Waals surface area (Å²) in [6, 6.07) is 7.10. The maximum Gasteiger partial charge on any atom is 0.407 e. The van der Waals surface area contributed by atoms with Crippen molar-refractivity contribution >= 4 is 39.6 Å². The Bertz CT molecular complexity index is 2550. The van der Waals surface area contributed by atoms with E-state index in [9.17, 15) is 14.0 Å². The van der Waals surface area contributed by atoms with Crippen molar-refractivity contribution in [2.45, 2.75) is 75.8 Å². The summed E-state index contributed by atoms with van der Waals surface area (Å²) in [4.78, 5) is 48.5. The van der Waals surface area contributed by atoms with Gasteiger partial charge >= 0.3 is 18.1 Å². The molecule has 0 aliphatic carbocycles. The summed E-state index contributed by atoms with van der Waals surface area (Å²) in [5.74, 6) is -2.16. The van der Waals surface area contributed by atoms with E-state index in [1.807, 2.05) is 0 Å². The number of hydrogen-bond donors (Lipinski definition) is 1. The van der Waals surface area contributed by atoms with Crippen LogP contribution in [-0.2, 0) is 11.2 Å². The van der Waals surface area contributed by atoms with Gasteiger partial charge in [-0.2, -0.15) is 9.97 Å². The molecule has 314 valence electrons. The minimum atomic E-state index is -1.44. The fraction of sp³-hybridized carbons (Fsp3) is 0.442. The minimum Gasteiger partial charge on any atom is -0.480 e. The summed E-state index contributed by atoms with van der Waals surface area (Å²) in [6.07, 6.45) is 1.66. The lowest BCUT2D eigenvalue weighted by Gasteiger charge is -2.42. The van der Waals surface area contributed by atoms with E-state index in [0.717, 1.165) is 13.0 Å². The van der Waals surface area contributed by atoms with Gasteiger partial charge in [-0.3, -0.25) is 9.88 Å². The number of aryl methyl sites for hydroxylation is 2. The topological polar surface area (TPSA) is 141 Å². The summed E-state index contributed by atoms with van der Waals surface area (Å²) in [5, 5.41) is 3.61. The van der Waals surface area contributed by atoms with Gasteiger partial charge in [-0.1, -0.05) is 6.07 Å². The molecule has 3 fully saturated rings. The largest absolute Gasteiger partial charge is 0.480 e. The van der Waals surface area contributed by atoms with E-state index < -0.39 is 47.1 Å². The number of fused-ring (bicyclic) bond motifs is 7. The van der Waals surface area contributed by atoms with Crippen LogP contribution in [0.2, 0.25) is 0 Å². The standard InChI is InChI=1S/C43H43F4N7O6/c1-23-9-11-48-38(57-3)32(23)39(55)60-27-14-24-7-8-31(46)28-6-4-13-58-41(56)52-42(2)16-25(44)19-53(21-42)37-30-18-49-35(29(15-27)33(24)28)34(47)36(30)50-40(51-37)59-22-43-10-5-12-54(43)20-26(45)17-43/h7-9,11,14-15,18,25-26H,4-6,10,12-13,16-17,19-22H2,1-3H3,(H,52,56)/t25-,26-,42-,43+/m1/s1. The molecule has 0 saturated carbocycles. The Morgan fingerprint density at radius 1 is 1.07 bits per heavy atom. The maximum absolute atomic E-state index is 17.6. The van der Waals surface area contributed by atoms with Crippen LogP contribution in [0.15, 0.2) is 42.7 Å². The molecular weight excluding hydrogens is 787 g/mol. The molecule has 6 bridgehead atoms. The van der Waals surface area contributed by atoms with Gasteiger partial charge in [-0.25, -0.2) is 32.1 Å². The second-order valence-electron chi connectivity index (χ2n) is 16.5. The highest BCUT2D eigenvalue weighted by Gasteiger charge is 2.49. The highest BCUT2D eigenvalue weighted by Crippen LogP contribution is 2.43. The van der Waals surface area contributed by atoms with Crippen molar-refractivity contribution < 1.29 is 46.1 Å². The number of anilines is 1. The van der Waals surface area contributed by atoms with Crippen LogP contribution in [-0.4, -0.2) is 107 Å². The Morgan fingerprint density at radius 3 is 2.73 bits per heavy atom. The maximum atomic E-state index is 17.6. The van der Waals surface area contributed by atoms with Crippen molar-refractivity contribution in [1.29, 1.82) is 0 Å². The Balaban J connectivity index is 1.23. The van der Waals surface area contributed by atoms with Crippen LogP contribution in [0, 0.1) is 18.6 Å². The lowest BCUT2D eigenvalue weighted by molar-refractivity contribution is 0.0729. The highest BCUT2D eigenvalue weighted by atomic mass is 19.1. The molecule has 1 amide bonds. The van der Waals surface area contributed by atoms with Crippen LogP contribution in [0.5, 0.6) is 17.6 Å². The summed E-state index contributed by atoms with van der Waals surface area (Å²) in [7, 11) is 1.38. The van der Waals surface area contributed by atoms with Crippen molar-refractivity contribution in [3.8, 4) is 28.9 Å². The number of alkyl halides is 2. The predicted molar refractivity (Wildman–Crippen MR) is 212 cm³/mol. The zero-order valence-electron chi connectivity index (χ0n) is 33.3. The van der Waals surface area contributed by atoms with Gasteiger partial charge in [0.25, 0.3) is 0 Å². The van der Waals surface area contributed by atoms with Gasteiger partial charge in [0.2, 0.25) is 5.88 Å². The molecule has 17 heteroatoms. The molecule has 5 aliphatic heterocycles. The molecule has 13 nitrogen and oxygen atoms in total. The second-order valence-corrected chi connectivity index (χ2v) is 16.5. The molecule has 0 radical (unpaired) electrons. The molecule has 3 aromatic heterocycles. The van der Waals surface area contributed by atoms with Gasteiger partial charge in [0.05, 0.1) is 36.7 Å². The van der Waals surface area contributed by atoms with Crippen molar-refractivity contribution in [1.82, 2.24) is 30.2 Å². The number of carbonyl (C=O) groups excluding carboxylic acids is 2. The van der Waals surface area contributed by atoms with Gasteiger partial charge in [-0.05, 0) is 92.2 Å². The van der Waals surface area contributed by atoms with E-state index in [1.165, 1.54) is 43.8 Å². The Labute approximate surface area is 342 Å². The number of amides is 1. The first-order valence-corrected chi connectivity index (χ1v) is 20.0. The predicted octanol–water partition coefficient (Wildman–Crippen LogP) is 6.99. The van der Waals surface area contributed by atoms with Gasteiger partial charge in [0, 0.05) is 43.9 Å². The van der Waals surface area contributed by atoms with E-state index in [1.54, 1.807) is 24.8 Å². The zero-order valence-corrected chi connectivity index (χ0v) is 33.3. The first-order chi connectivity index (χ1) is 28.8. The van der Waals surface area contributed by atoms with E-state index in [2.05, 4.69) is 25.2 Å². The molecule has 5 aromatic rings. The summed E-state index contributed by atoms with van der Waals surface area (Å²) < 4.78 is 87.0. The Hall–Kier alpha value is -5.84. The van der Waals surface area contributed by atoms with Crippen LogP contribution in [0.1, 0.15) is 60.5 Å². The average Bonchev–Trinajstić information content (AvgIpc) is 3.73. The number of alkyl carbamates (subject to hydrolysis) is 1. The Kier molecular flexibility index (Phi) is 10.1. The van der Waals surface area contributed by atoms with Gasteiger partial charge in [0.15, 0.2) is 5.82 Å². The fourth-order valence-corrected chi connectivity index (χ4v) is 9.53. The lowest BCUT2D eigenvalue weighted by Crippen LogP contribution is -2.60. The molecule has 3 saturated heterocycles. The lowest BCUT2D eigenvalue weighted by atomic mass is 9.90. The van der Waals surface area contributed by atoms with E-state index in [0.29, 0.717) is 17.4 Å². The molecule has 1 N–H and O–H groups in total. The van der Waals surface area contributed by atoms with Gasteiger partial charge in [0.1, 0.15) is 53.1 Å². The van der Waals surface area contributed by atoms with Gasteiger partial charge < -0.3 is 29.2 Å². The van der Waals surface area contributed by atoms with Crippen LogP contribution >= 0.6 is 0 Å². The van der Waals surface area contributed by atoms with E-state index in [-0.39, 0.29) is 121 Å². The van der Waals surface area contributed by atoms with E-state index in [4.69, 9.17) is 23.9 Å². The number of methoxy groups -OCH3 is 1. The number of carbonyl (C=O) groups is 2. The number of rotatable bonds is 6. The van der Waals surface area contributed by atoms with Crippen molar-refractivity contribution in [2.24, 2.45) is 0 Å². The Morgan fingerprint density at radius 2 is 1.90 bits per heavy atom. The number of hydrogen-bond acceptors (Lipinski definition) is 12. The van der Waals surface area contributed by atoms with Crippen LogP contribution < -0.4 is 24.4 Å². The number of nitrogens with one attached hydrogen (secondary N) is 1. The molecule has 4 atom stereocenters. The number of nitrogens with zero attached hydrogens (tertiary/aromatic N) is 6. The molecule has 8 heterocycles. The fourth-order valence-electron chi connectivity index (χ4n) is 9.53. The zero-order chi connectivity index (χ0) is 41.9. The molecule has 0 unspecified atom stereocenters. The number of esters is 1. The van der Waals surface area contributed by atoms with Crippen molar-refractivity contribution in [3.05, 3.63) is 71.1 Å². The monoisotopic (exact) mass is 829 g/mol. The third-order valence-corrected chi connectivity index (χ3v) is 12.1. The number of ether oxygens (including phenoxy) is 4. The number of pyridine rings is 2. The molecule has 0 spiro atoms. The summed E-state index contributed by atoms with van der Waals surface area (Å²) in [6.45, 7) is 4.24. The normalized spacial score (nSPS) is 24.3. The van der Waals surface area contributed by atoms with Crippen LogP contribution in [0.4, 0.5) is 28.2 Å². The third kappa shape index (κ3) is 7.15. The molecule has 60 heavy (non-hydrogen) atoms. The number of aromatic nitrogens is 4. The second kappa shape index (κ2) is 15.3. The first kappa shape index (κ1) is 39.6. The number of halogens is 4. The SMILES string of the molecule is COc1nccc(C)c1C(=O)Oc1cc2c3c(c(F)ccc3c1)CCCOC(=O)N[C@]1(C)C[C@@H](F)CN(C1)c1nc(OC[C@@]34CCCN3C[C@H](F)C4)nc3c(F)c-2ncc13. The molecular formula is C43H43F4N7O6. The minimum absolute atomic E-state index is 0.00495. The highest BCUT2D eigenvalue weighted by molar-refractivity contribution is 6.03. The van der Waals surface area contributed by atoms with Crippen LogP contribution in [0.25, 0.3) is 32.9 Å². The molecule has 2 aromatic carbocycles. The number of piperidine rings is 1. The average molecular weight is 830 g/mol. The number of benzene rings is 2. The van der Waals surface area contributed by atoms with E-state index >= 15 is 13.2 Å². The quantitative estimate of drug-likeness (QED) is 0.107. The van der Waals surface area contributed by atoms with Crippen molar-refractivity contribution in [2.75, 3.05) is 51.4 Å². The summed E-state index contributed by atoms with van der Waals surface area (Å²) >= 11 is 0. The summed E-state index contributed by atoms with van der Waals surface area (Å²) in [5.41, 5.74) is -1.31. The third-order valence-electron chi connectivity index (χ3n) is 12.1. The van der Waals surface area contributed by atoms with Gasteiger partial charge in [-0.15, -0.1) is 0 Å².